The van der Waals surface area contributed by atoms with Crippen LogP contribution in [0.2, 0.25) is 10.0 Å². The number of anilines is 4. The summed E-state index contributed by atoms with van der Waals surface area (Å²) in [5, 5.41) is 25.8. The van der Waals surface area contributed by atoms with E-state index in [-0.39, 0.29) is 11.3 Å². The maximum atomic E-state index is 10.1. The van der Waals surface area contributed by atoms with Gasteiger partial charge >= 0.3 is 0 Å². The Balaban J connectivity index is 1.89. The third kappa shape index (κ3) is 3.21. The molecule has 24 heavy (non-hydrogen) atoms. The lowest BCUT2D eigenvalue weighted by Gasteiger charge is -2.10. The van der Waals surface area contributed by atoms with Gasteiger partial charge in [0.25, 0.3) is 0 Å². The summed E-state index contributed by atoms with van der Waals surface area (Å²) in [4.78, 5) is 0. The molecule has 0 saturated heterocycles. The van der Waals surface area contributed by atoms with Crippen molar-refractivity contribution >= 4 is 57.9 Å². The molecule has 0 saturated carbocycles. The minimum absolute atomic E-state index is 0.153. The summed E-state index contributed by atoms with van der Waals surface area (Å²) in [5.41, 5.74) is 1.09. The number of halogens is 2. The van der Waals surface area contributed by atoms with E-state index in [1.807, 2.05) is 6.07 Å². The van der Waals surface area contributed by atoms with E-state index in [2.05, 4.69) is 19.4 Å². The van der Waals surface area contributed by atoms with Crippen LogP contribution in [0.4, 0.5) is 23.0 Å². The van der Waals surface area contributed by atoms with Gasteiger partial charge in [-0.2, -0.15) is 14.0 Å². The van der Waals surface area contributed by atoms with Crippen molar-refractivity contribution in [1.82, 2.24) is 8.75 Å². The zero-order valence-electron chi connectivity index (χ0n) is 11.9. The molecule has 0 aliphatic rings. The van der Waals surface area contributed by atoms with Gasteiger partial charge in [-0.3, -0.25) is 0 Å². The lowest BCUT2D eigenvalue weighted by Crippen LogP contribution is -1.98. The molecule has 0 amide bonds. The molecule has 1 heterocycles. The minimum atomic E-state index is -0.153. The number of rotatable bonds is 4. The highest BCUT2D eigenvalue weighted by molar-refractivity contribution is 6.99. The topological polar surface area (TPSA) is 93.9 Å². The molecule has 0 radical (unpaired) electrons. The lowest BCUT2D eigenvalue weighted by atomic mass is 10.2. The summed E-state index contributed by atoms with van der Waals surface area (Å²) in [6, 6.07) is 11.9. The second kappa shape index (κ2) is 6.93. The van der Waals surface area contributed by atoms with E-state index in [0.29, 0.717) is 33.1 Å². The molecule has 3 rings (SSSR count). The van der Waals surface area contributed by atoms with Crippen molar-refractivity contribution in [2.75, 3.05) is 10.6 Å². The van der Waals surface area contributed by atoms with Gasteiger partial charge in [-0.25, -0.2) is 0 Å². The third-order valence-electron chi connectivity index (χ3n) is 3.10. The van der Waals surface area contributed by atoms with Crippen molar-refractivity contribution in [2.45, 2.75) is 0 Å². The molecule has 0 atom stereocenters. The second-order valence-electron chi connectivity index (χ2n) is 4.63. The standard InChI is InChI=1S/C15H9Cl2N5OS/c16-9-4-2-5-10(12(9)17)19-14-15(22-24-21-14)20-11-6-1-3-8(7-18)13(11)23/h1-6,23H,(H,19,21)(H,20,22). The molecule has 1 aromatic heterocycles. The summed E-state index contributed by atoms with van der Waals surface area (Å²) in [5.74, 6) is 0.659. The summed E-state index contributed by atoms with van der Waals surface area (Å²) in [7, 11) is 0. The number of nitriles is 1. The van der Waals surface area contributed by atoms with E-state index in [9.17, 15) is 5.11 Å². The third-order valence-corrected chi connectivity index (χ3v) is 4.45. The van der Waals surface area contributed by atoms with Gasteiger partial charge in [-0.1, -0.05) is 35.3 Å². The van der Waals surface area contributed by atoms with Crippen LogP contribution in [0, 0.1) is 11.3 Å². The van der Waals surface area contributed by atoms with Crippen molar-refractivity contribution in [3.05, 3.63) is 52.0 Å². The van der Waals surface area contributed by atoms with Crippen LogP contribution in [0.1, 0.15) is 5.56 Å². The highest BCUT2D eigenvalue weighted by Crippen LogP contribution is 2.35. The fourth-order valence-electron chi connectivity index (χ4n) is 1.94. The molecule has 120 valence electrons. The van der Waals surface area contributed by atoms with Gasteiger partial charge in [0.05, 0.1) is 38.7 Å². The van der Waals surface area contributed by atoms with Crippen LogP contribution in [0.15, 0.2) is 36.4 Å². The fraction of sp³-hybridized carbons (Fsp3) is 0. The van der Waals surface area contributed by atoms with Crippen molar-refractivity contribution in [3.63, 3.8) is 0 Å². The Morgan fingerprint density at radius 3 is 2.33 bits per heavy atom. The molecule has 3 aromatic rings. The first-order valence-electron chi connectivity index (χ1n) is 6.63. The fourth-order valence-corrected chi connectivity index (χ4v) is 2.76. The van der Waals surface area contributed by atoms with Crippen LogP contribution in [0.25, 0.3) is 0 Å². The summed E-state index contributed by atoms with van der Waals surface area (Å²) in [6.07, 6.45) is 0. The van der Waals surface area contributed by atoms with Crippen LogP contribution < -0.4 is 10.6 Å². The first kappa shape index (κ1) is 16.3. The highest BCUT2D eigenvalue weighted by Gasteiger charge is 2.14. The van der Waals surface area contributed by atoms with Crippen LogP contribution in [-0.4, -0.2) is 13.9 Å². The van der Waals surface area contributed by atoms with Crippen molar-refractivity contribution in [3.8, 4) is 11.8 Å². The van der Waals surface area contributed by atoms with Gasteiger partial charge in [0.1, 0.15) is 6.07 Å². The number of hydrogen-bond donors (Lipinski definition) is 3. The number of aromatic nitrogens is 2. The molecule has 0 unspecified atom stereocenters. The molecule has 9 heteroatoms. The van der Waals surface area contributed by atoms with Crippen molar-refractivity contribution in [1.29, 1.82) is 5.26 Å². The zero-order chi connectivity index (χ0) is 17.1. The Hall–Kier alpha value is -2.53. The van der Waals surface area contributed by atoms with Gasteiger partial charge in [0, 0.05) is 0 Å². The number of benzene rings is 2. The summed E-state index contributed by atoms with van der Waals surface area (Å²) in [6.45, 7) is 0. The smallest absolute Gasteiger partial charge is 0.189 e. The molecule has 0 fully saturated rings. The molecule has 6 nitrogen and oxygen atoms in total. The molecule has 0 aliphatic carbocycles. The van der Waals surface area contributed by atoms with Crippen LogP contribution in [-0.2, 0) is 0 Å². The maximum Gasteiger partial charge on any atom is 0.189 e. The first-order chi connectivity index (χ1) is 11.6. The molecule has 0 spiro atoms. The lowest BCUT2D eigenvalue weighted by molar-refractivity contribution is 0.476. The number of aromatic hydroxyl groups is 1. The van der Waals surface area contributed by atoms with E-state index in [1.54, 1.807) is 30.3 Å². The molecule has 2 aromatic carbocycles. The Morgan fingerprint density at radius 2 is 1.62 bits per heavy atom. The van der Waals surface area contributed by atoms with E-state index >= 15 is 0 Å². The average molecular weight is 378 g/mol. The van der Waals surface area contributed by atoms with Gasteiger partial charge in [0.2, 0.25) is 0 Å². The number of para-hydroxylation sites is 1. The van der Waals surface area contributed by atoms with Gasteiger partial charge in [-0.15, -0.1) is 0 Å². The normalized spacial score (nSPS) is 10.2. The van der Waals surface area contributed by atoms with Gasteiger partial charge < -0.3 is 15.7 Å². The van der Waals surface area contributed by atoms with Crippen LogP contribution >= 0.6 is 34.9 Å². The Labute approximate surface area is 151 Å². The van der Waals surface area contributed by atoms with E-state index in [1.165, 1.54) is 6.07 Å². The monoisotopic (exact) mass is 377 g/mol. The summed E-state index contributed by atoms with van der Waals surface area (Å²) >= 11 is 13.1. The van der Waals surface area contributed by atoms with E-state index in [4.69, 9.17) is 28.5 Å². The molecular weight excluding hydrogens is 369 g/mol. The summed E-state index contributed by atoms with van der Waals surface area (Å²) < 4.78 is 8.30. The molecule has 3 N–H and O–H groups in total. The molecule has 0 bridgehead atoms. The largest absolute Gasteiger partial charge is 0.504 e. The highest BCUT2D eigenvalue weighted by atomic mass is 35.5. The van der Waals surface area contributed by atoms with E-state index in [0.717, 1.165) is 11.7 Å². The molecular formula is C15H9Cl2N5OS. The zero-order valence-corrected chi connectivity index (χ0v) is 14.2. The quantitative estimate of drug-likeness (QED) is 0.559. The van der Waals surface area contributed by atoms with E-state index < -0.39 is 0 Å². The Morgan fingerprint density at radius 1 is 1.00 bits per heavy atom. The van der Waals surface area contributed by atoms with Gasteiger partial charge in [0.15, 0.2) is 17.4 Å². The minimum Gasteiger partial charge on any atom is -0.504 e. The first-order valence-corrected chi connectivity index (χ1v) is 8.11. The number of phenolic OH excluding ortho intramolecular Hbond substituents is 1. The van der Waals surface area contributed by atoms with Gasteiger partial charge in [-0.05, 0) is 24.3 Å². The predicted octanol–water partition coefficient (Wildman–Crippen LogP) is 4.91. The molecule has 0 aliphatic heterocycles. The second-order valence-corrected chi connectivity index (χ2v) is 5.94. The van der Waals surface area contributed by atoms with Crippen molar-refractivity contribution in [2.24, 2.45) is 0 Å². The van der Waals surface area contributed by atoms with Crippen LogP contribution in [0.3, 0.4) is 0 Å². The number of nitrogens with zero attached hydrogens (tertiary/aromatic N) is 3. The van der Waals surface area contributed by atoms with Crippen molar-refractivity contribution < 1.29 is 5.11 Å². The number of hydrogen-bond acceptors (Lipinski definition) is 7. The van der Waals surface area contributed by atoms with Crippen LogP contribution in [0.5, 0.6) is 5.75 Å². The average Bonchev–Trinajstić information content (AvgIpc) is 3.01. The Kier molecular flexibility index (Phi) is 4.71. The predicted molar refractivity (Wildman–Crippen MR) is 95.8 cm³/mol. The SMILES string of the molecule is N#Cc1cccc(Nc2nsnc2Nc2cccc(Cl)c2Cl)c1O. The Bertz CT molecular complexity index is 938. The number of nitrogens with one attached hydrogen (secondary N) is 2. The maximum absolute atomic E-state index is 10.1. The number of phenols is 1.